The predicted octanol–water partition coefficient (Wildman–Crippen LogP) is 2.38. The standard InChI is InChI=1S/C20H20ClFN4O4/c1-2-30-17-8-7-15(11-16(17)22)23-18-24-19(28)25(9-10-27)20(29)26(18)12-13-3-5-14(21)6-4-13/h3-8,11,27H,2,9-10,12H2,1H3,(H,23,24,28). The quantitative estimate of drug-likeness (QED) is 0.565. The number of rotatable bonds is 8. The molecule has 0 fully saturated rings. The molecule has 0 aliphatic heterocycles. The molecule has 158 valence electrons. The van der Waals surface area contributed by atoms with Crippen LogP contribution in [-0.4, -0.2) is 32.4 Å². The van der Waals surface area contributed by atoms with Gasteiger partial charge in [-0.1, -0.05) is 23.7 Å². The molecule has 0 bridgehead atoms. The van der Waals surface area contributed by atoms with Gasteiger partial charge in [-0.3, -0.25) is 4.57 Å². The van der Waals surface area contributed by atoms with Gasteiger partial charge in [0.2, 0.25) is 5.95 Å². The number of nitrogens with one attached hydrogen (secondary N) is 1. The zero-order chi connectivity index (χ0) is 21.7. The summed E-state index contributed by atoms with van der Waals surface area (Å²) < 4.78 is 21.4. The minimum Gasteiger partial charge on any atom is -0.491 e. The molecule has 0 spiro atoms. The van der Waals surface area contributed by atoms with E-state index in [1.807, 2.05) is 0 Å². The fourth-order valence-corrected chi connectivity index (χ4v) is 2.94. The van der Waals surface area contributed by atoms with Gasteiger partial charge in [0.15, 0.2) is 11.6 Å². The number of halogens is 2. The van der Waals surface area contributed by atoms with Gasteiger partial charge < -0.3 is 15.2 Å². The van der Waals surface area contributed by atoms with Crippen LogP contribution in [0.5, 0.6) is 5.75 Å². The lowest BCUT2D eigenvalue weighted by Crippen LogP contribution is -2.43. The molecule has 30 heavy (non-hydrogen) atoms. The Morgan fingerprint density at radius 2 is 1.90 bits per heavy atom. The van der Waals surface area contributed by atoms with Gasteiger partial charge >= 0.3 is 11.4 Å². The third-order valence-electron chi connectivity index (χ3n) is 4.22. The Balaban J connectivity index is 2.04. The molecule has 2 aromatic carbocycles. The molecule has 3 aromatic rings. The molecule has 0 aliphatic carbocycles. The highest BCUT2D eigenvalue weighted by atomic mass is 35.5. The number of aliphatic hydroxyl groups is 1. The van der Waals surface area contributed by atoms with Gasteiger partial charge in [-0.05, 0) is 36.8 Å². The number of ether oxygens (including phenoxy) is 1. The van der Waals surface area contributed by atoms with E-state index in [-0.39, 0.29) is 30.5 Å². The Hall–Kier alpha value is -3.17. The lowest BCUT2D eigenvalue weighted by atomic mass is 10.2. The second-order valence-electron chi connectivity index (χ2n) is 6.29. The summed E-state index contributed by atoms with van der Waals surface area (Å²) in [6.07, 6.45) is 0. The van der Waals surface area contributed by atoms with Crippen molar-refractivity contribution in [3.05, 3.63) is 79.8 Å². The number of anilines is 2. The Bertz CT molecular complexity index is 1150. The van der Waals surface area contributed by atoms with Crippen LogP contribution in [0, 0.1) is 5.82 Å². The Labute approximate surface area is 176 Å². The van der Waals surface area contributed by atoms with Crippen LogP contribution in [0.15, 0.2) is 52.1 Å². The Morgan fingerprint density at radius 3 is 2.53 bits per heavy atom. The van der Waals surface area contributed by atoms with Crippen LogP contribution in [0.3, 0.4) is 0 Å². The van der Waals surface area contributed by atoms with Crippen molar-refractivity contribution in [1.82, 2.24) is 14.1 Å². The molecular weight excluding hydrogens is 415 g/mol. The fourth-order valence-electron chi connectivity index (χ4n) is 2.81. The molecule has 0 radical (unpaired) electrons. The van der Waals surface area contributed by atoms with E-state index < -0.39 is 23.8 Å². The van der Waals surface area contributed by atoms with Crippen molar-refractivity contribution < 1.29 is 14.2 Å². The highest BCUT2D eigenvalue weighted by Gasteiger charge is 2.15. The van der Waals surface area contributed by atoms with Gasteiger partial charge in [-0.15, -0.1) is 0 Å². The van der Waals surface area contributed by atoms with Crippen LogP contribution in [0.4, 0.5) is 16.0 Å². The SMILES string of the molecule is CCOc1ccc(Nc2nc(=O)n(CCO)c(=O)n2Cc2ccc(Cl)cc2)cc1F. The zero-order valence-electron chi connectivity index (χ0n) is 16.1. The van der Waals surface area contributed by atoms with Crippen LogP contribution >= 0.6 is 11.6 Å². The fraction of sp³-hybridized carbons (Fsp3) is 0.250. The van der Waals surface area contributed by atoms with Gasteiger partial charge in [0.05, 0.1) is 26.3 Å². The van der Waals surface area contributed by atoms with Gasteiger partial charge in [-0.2, -0.15) is 4.98 Å². The van der Waals surface area contributed by atoms with Crippen LogP contribution in [-0.2, 0) is 13.1 Å². The van der Waals surface area contributed by atoms with E-state index in [4.69, 9.17) is 21.4 Å². The normalized spacial score (nSPS) is 10.8. The first-order valence-corrected chi connectivity index (χ1v) is 9.57. The molecule has 0 aliphatic rings. The van der Waals surface area contributed by atoms with E-state index in [9.17, 15) is 14.0 Å². The smallest absolute Gasteiger partial charge is 0.355 e. The minimum absolute atomic E-state index is 0.0577. The lowest BCUT2D eigenvalue weighted by molar-refractivity contribution is 0.268. The number of aliphatic hydroxyl groups excluding tert-OH is 1. The Morgan fingerprint density at radius 1 is 1.17 bits per heavy atom. The zero-order valence-corrected chi connectivity index (χ0v) is 16.9. The molecule has 10 heteroatoms. The number of nitrogens with zero attached hydrogens (tertiary/aromatic N) is 3. The molecular formula is C20H20ClFN4O4. The number of benzene rings is 2. The topological polar surface area (TPSA) is 98.4 Å². The maximum Gasteiger partial charge on any atom is 0.355 e. The summed E-state index contributed by atoms with van der Waals surface area (Å²) >= 11 is 5.91. The molecule has 8 nitrogen and oxygen atoms in total. The van der Waals surface area contributed by atoms with Crippen molar-refractivity contribution in [1.29, 1.82) is 0 Å². The molecule has 3 rings (SSSR count). The van der Waals surface area contributed by atoms with E-state index in [0.717, 1.165) is 10.1 Å². The molecule has 2 N–H and O–H groups in total. The highest BCUT2D eigenvalue weighted by Crippen LogP contribution is 2.23. The first-order valence-electron chi connectivity index (χ1n) is 9.19. The average molecular weight is 435 g/mol. The molecule has 0 atom stereocenters. The average Bonchev–Trinajstić information content (AvgIpc) is 2.72. The second-order valence-corrected chi connectivity index (χ2v) is 6.73. The van der Waals surface area contributed by atoms with E-state index >= 15 is 0 Å². The van der Waals surface area contributed by atoms with Crippen LogP contribution in [0.25, 0.3) is 0 Å². The van der Waals surface area contributed by atoms with E-state index in [1.54, 1.807) is 37.3 Å². The summed E-state index contributed by atoms with van der Waals surface area (Å²) in [7, 11) is 0. The van der Waals surface area contributed by atoms with Gasteiger partial charge in [0.1, 0.15) is 0 Å². The number of hydrogen-bond donors (Lipinski definition) is 2. The summed E-state index contributed by atoms with van der Waals surface area (Å²) in [6, 6.07) is 11.0. The number of hydrogen-bond acceptors (Lipinski definition) is 6. The van der Waals surface area contributed by atoms with Crippen LogP contribution in [0.2, 0.25) is 5.02 Å². The highest BCUT2D eigenvalue weighted by molar-refractivity contribution is 6.30. The van der Waals surface area contributed by atoms with Crippen molar-refractivity contribution in [2.45, 2.75) is 20.0 Å². The maximum absolute atomic E-state index is 14.2. The van der Waals surface area contributed by atoms with Crippen molar-refractivity contribution in [3.8, 4) is 5.75 Å². The molecule has 1 aromatic heterocycles. The van der Waals surface area contributed by atoms with Crippen LogP contribution < -0.4 is 21.4 Å². The van der Waals surface area contributed by atoms with Gasteiger partial charge in [0.25, 0.3) is 0 Å². The van der Waals surface area contributed by atoms with Crippen molar-refractivity contribution in [2.75, 3.05) is 18.5 Å². The first kappa shape index (κ1) is 21.5. The van der Waals surface area contributed by atoms with Crippen molar-refractivity contribution in [2.24, 2.45) is 0 Å². The first-order chi connectivity index (χ1) is 14.4. The Kier molecular flexibility index (Phi) is 6.86. The molecule has 0 unspecified atom stereocenters. The second kappa shape index (κ2) is 9.55. The lowest BCUT2D eigenvalue weighted by Gasteiger charge is -2.16. The van der Waals surface area contributed by atoms with Crippen molar-refractivity contribution in [3.63, 3.8) is 0 Å². The van der Waals surface area contributed by atoms with Gasteiger partial charge in [-0.25, -0.2) is 18.5 Å². The van der Waals surface area contributed by atoms with E-state index in [0.29, 0.717) is 11.6 Å². The summed E-state index contributed by atoms with van der Waals surface area (Å²) in [6.45, 7) is 1.55. The van der Waals surface area contributed by atoms with Crippen molar-refractivity contribution >= 4 is 23.2 Å². The monoisotopic (exact) mass is 434 g/mol. The summed E-state index contributed by atoms with van der Waals surface area (Å²) in [4.78, 5) is 29.1. The maximum atomic E-state index is 14.2. The number of aromatic nitrogens is 3. The molecule has 1 heterocycles. The largest absolute Gasteiger partial charge is 0.491 e. The van der Waals surface area contributed by atoms with Gasteiger partial charge in [0, 0.05) is 16.8 Å². The third-order valence-corrected chi connectivity index (χ3v) is 4.47. The molecule has 0 amide bonds. The molecule has 0 saturated heterocycles. The summed E-state index contributed by atoms with van der Waals surface area (Å²) in [5, 5.41) is 12.5. The van der Waals surface area contributed by atoms with E-state index in [2.05, 4.69) is 10.3 Å². The third kappa shape index (κ3) is 4.87. The van der Waals surface area contributed by atoms with E-state index in [1.165, 1.54) is 16.7 Å². The summed E-state index contributed by atoms with van der Waals surface area (Å²) in [5.74, 6) is -0.562. The predicted molar refractivity (Wildman–Crippen MR) is 111 cm³/mol. The van der Waals surface area contributed by atoms with Crippen LogP contribution in [0.1, 0.15) is 12.5 Å². The summed E-state index contributed by atoms with van der Waals surface area (Å²) in [5.41, 5.74) is -0.464. The molecule has 0 saturated carbocycles. The minimum atomic E-state index is -0.824.